The van der Waals surface area contributed by atoms with Crippen LogP contribution >= 0.6 is 0 Å². The molecule has 1 unspecified atom stereocenters. The number of nitroso groups, excluding NO2 is 1. The first-order valence-corrected chi connectivity index (χ1v) is 4.09. The Balaban J connectivity index is 3.23. The van der Waals surface area contributed by atoms with E-state index >= 15 is 0 Å². The molecule has 2 N–H and O–H groups in total. The lowest BCUT2D eigenvalue weighted by Gasteiger charge is -2.08. The van der Waals surface area contributed by atoms with E-state index in [1.54, 1.807) is 26.0 Å². The second-order valence-corrected chi connectivity index (χ2v) is 3.11. The third-order valence-corrected chi connectivity index (χ3v) is 2.03. The van der Waals surface area contributed by atoms with Crippen molar-refractivity contribution in [2.75, 3.05) is 0 Å². The highest BCUT2D eigenvalue weighted by molar-refractivity contribution is 5.43. The number of phenols is 1. The maximum atomic E-state index is 10.3. The van der Waals surface area contributed by atoms with Crippen LogP contribution in [0.5, 0.6) is 5.75 Å². The van der Waals surface area contributed by atoms with Crippen molar-refractivity contribution in [1.82, 2.24) is 0 Å². The van der Waals surface area contributed by atoms with Crippen molar-refractivity contribution in [1.29, 1.82) is 5.53 Å². The normalized spacial score (nSPS) is 12.1. The van der Waals surface area contributed by atoms with Crippen molar-refractivity contribution in [2.45, 2.75) is 20.0 Å². The topological polar surface area (TPSA) is 85.9 Å². The molecule has 0 amide bonds. The molecule has 0 fully saturated rings. The highest BCUT2D eigenvalue weighted by atomic mass is 16.3. The van der Waals surface area contributed by atoms with Crippen molar-refractivity contribution >= 4 is 0 Å². The lowest BCUT2D eigenvalue weighted by atomic mass is 10.0. The molecule has 0 aliphatic heterocycles. The van der Waals surface area contributed by atoms with E-state index in [1.165, 1.54) is 0 Å². The molecule has 0 aliphatic carbocycles. The summed E-state index contributed by atoms with van der Waals surface area (Å²) in [6.07, 6.45) is -1.01. The zero-order valence-electron chi connectivity index (χ0n) is 7.98. The minimum Gasteiger partial charge on any atom is -0.507 e. The van der Waals surface area contributed by atoms with Gasteiger partial charge in [0.15, 0.2) is 0 Å². The van der Waals surface area contributed by atoms with Gasteiger partial charge in [-0.2, -0.15) is 5.11 Å². The average Bonchev–Trinajstić information content (AvgIpc) is 2.16. The van der Waals surface area contributed by atoms with E-state index in [-0.39, 0.29) is 5.75 Å². The molecule has 5 nitrogen and oxygen atoms in total. The summed E-state index contributed by atoms with van der Waals surface area (Å²) < 4.78 is 0. The molecule has 74 valence electrons. The predicted octanol–water partition coefficient (Wildman–Crippen LogP) is 2.81. The number of rotatable bonds is 3. The standard InChI is InChI=1S/C9H11N3O2/c1-5-3-7(9(11-10)12-14)4-6(2)8(5)13/h3-4,9-10,13H,1-2H3. The van der Waals surface area contributed by atoms with E-state index in [9.17, 15) is 10.0 Å². The summed E-state index contributed by atoms with van der Waals surface area (Å²) in [6.45, 7) is 3.44. The van der Waals surface area contributed by atoms with Crippen molar-refractivity contribution in [3.8, 4) is 5.75 Å². The number of nitrogens with one attached hydrogen (secondary N) is 1. The maximum Gasteiger partial charge on any atom is 0.226 e. The van der Waals surface area contributed by atoms with Gasteiger partial charge in [-0.1, -0.05) is 0 Å². The van der Waals surface area contributed by atoms with Gasteiger partial charge in [0, 0.05) is 5.56 Å². The Morgan fingerprint density at radius 2 is 1.86 bits per heavy atom. The zero-order chi connectivity index (χ0) is 10.7. The van der Waals surface area contributed by atoms with Crippen molar-refractivity contribution in [3.63, 3.8) is 0 Å². The van der Waals surface area contributed by atoms with Crippen LogP contribution in [-0.4, -0.2) is 5.11 Å². The largest absolute Gasteiger partial charge is 0.507 e. The van der Waals surface area contributed by atoms with Gasteiger partial charge in [0.25, 0.3) is 0 Å². The molecule has 1 aromatic rings. The molecule has 1 atom stereocenters. The lowest BCUT2D eigenvalue weighted by Crippen LogP contribution is -1.92. The Hall–Kier alpha value is -1.78. The van der Waals surface area contributed by atoms with Crippen LogP contribution in [0.2, 0.25) is 0 Å². The number of benzene rings is 1. The van der Waals surface area contributed by atoms with E-state index in [0.717, 1.165) is 0 Å². The van der Waals surface area contributed by atoms with Crippen LogP contribution in [0.1, 0.15) is 22.9 Å². The summed E-state index contributed by atoms with van der Waals surface area (Å²) in [5, 5.41) is 15.3. The third-order valence-electron chi connectivity index (χ3n) is 2.03. The van der Waals surface area contributed by atoms with E-state index in [4.69, 9.17) is 5.53 Å². The number of nitrogens with zero attached hydrogens (tertiary/aromatic N) is 2. The summed E-state index contributed by atoms with van der Waals surface area (Å²) in [6, 6.07) is 3.21. The minimum absolute atomic E-state index is 0.198. The van der Waals surface area contributed by atoms with Gasteiger partial charge >= 0.3 is 0 Å². The minimum atomic E-state index is -1.01. The molecule has 1 aromatic carbocycles. The molecule has 0 saturated heterocycles. The molecule has 1 rings (SSSR count). The number of aryl methyl sites for hydroxylation is 2. The molecular weight excluding hydrogens is 182 g/mol. The maximum absolute atomic E-state index is 10.3. The van der Waals surface area contributed by atoms with Crippen molar-refractivity contribution in [2.24, 2.45) is 10.3 Å². The van der Waals surface area contributed by atoms with E-state index in [1.807, 2.05) is 0 Å². The van der Waals surface area contributed by atoms with Crippen LogP contribution in [-0.2, 0) is 0 Å². The summed E-state index contributed by atoms with van der Waals surface area (Å²) in [4.78, 5) is 10.3. The van der Waals surface area contributed by atoms with Crippen LogP contribution in [0, 0.1) is 24.3 Å². The van der Waals surface area contributed by atoms with Gasteiger partial charge in [-0.15, -0.1) is 4.91 Å². The van der Waals surface area contributed by atoms with Crippen LogP contribution in [0.15, 0.2) is 22.4 Å². The fourth-order valence-corrected chi connectivity index (χ4v) is 1.30. The number of aromatic hydroxyl groups is 1. The monoisotopic (exact) mass is 193 g/mol. The van der Waals surface area contributed by atoms with E-state index in [2.05, 4.69) is 10.3 Å². The molecule has 0 aromatic heterocycles. The van der Waals surface area contributed by atoms with E-state index < -0.39 is 6.17 Å². The van der Waals surface area contributed by atoms with Gasteiger partial charge in [0.2, 0.25) is 6.17 Å². The number of hydrogen-bond donors (Lipinski definition) is 2. The summed E-state index contributed by atoms with van der Waals surface area (Å²) in [7, 11) is 0. The summed E-state index contributed by atoms with van der Waals surface area (Å²) in [5.41, 5.74) is 8.59. The second kappa shape index (κ2) is 3.95. The molecule has 14 heavy (non-hydrogen) atoms. The molecular formula is C9H11N3O2. The highest BCUT2D eigenvalue weighted by Gasteiger charge is 2.12. The van der Waals surface area contributed by atoms with Crippen LogP contribution in [0.3, 0.4) is 0 Å². The quantitative estimate of drug-likeness (QED) is 0.571. The SMILES string of the molecule is Cc1cc(C(N=N)N=O)cc(C)c1O. The molecule has 0 spiro atoms. The Morgan fingerprint density at radius 1 is 1.36 bits per heavy atom. The van der Waals surface area contributed by atoms with Crippen molar-refractivity contribution in [3.05, 3.63) is 33.7 Å². The van der Waals surface area contributed by atoms with Crippen LogP contribution in [0.25, 0.3) is 0 Å². The van der Waals surface area contributed by atoms with Gasteiger partial charge in [-0.25, -0.2) is 5.53 Å². The molecule has 0 saturated carbocycles. The summed E-state index contributed by atoms with van der Waals surface area (Å²) in [5.74, 6) is 0.198. The molecule has 0 aliphatic rings. The Morgan fingerprint density at radius 3 is 2.21 bits per heavy atom. The number of hydrogen-bond acceptors (Lipinski definition) is 5. The zero-order valence-corrected chi connectivity index (χ0v) is 7.98. The first-order valence-electron chi connectivity index (χ1n) is 4.09. The average molecular weight is 193 g/mol. The van der Waals surface area contributed by atoms with E-state index in [0.29, 0.717) is 16.7 Å². The third kappa shape index (κ3) is 1.76. The van der Waals surface area contributed by atoms with Gasteiger partial charge in [-0.3, -0.25) is 0 Å². The fourth-order valence-electron chi connectivity index (χ4n) is 1.30. The fraction of sp³-hybridized carbons (Fsp3) is 0.333. The predicted molar refractivity (Wildman–Crippen MR) is 51.3 cm³/mol. The van der Waals surface area contributed by atoms with Crippen LogP contribution < -0.4 is 0 Å². The summed E-state index contributed by atoms with van der Waals surface area (Å²) >= 11 is 0. The van der Waals surface area contributed by atoms with Gasteiger partial charge < -0.3 is 5.11 Å². The highest BCUT2D eigenvalue weighted by Crippen LogP contribution is 2.27. The first-order chi connectivity index (χ1) is 6.60. The Bertz CT molecular complexity index is 345. The molecule has 5 heteroatoms. The van der Waals surface area contributed by atoms with Crippen molar-refractivity contribution < 1.29 is 5.11 Å². The molecule has 0 bridgehead atoms. The first kappa shape index (κ1) is 10.3. The Labute approximate surface area is 81.3 Å². The second-order valence-electron chi connectivity index (χ2n) is 3.11. The van der Waals surface area contributed by atoms with Crippen LogP contribution in [0.4, 0.5) is 0 Å². The molecule has 0 heterocycles. The van der Waals surface area contributed by atoms with Gasteiger partial charge in [-0.05, 0) is 42.3 Å². The smallest absolute Gasteiger partial charge is 0.226 e. The van der Waals surface area contributed by atoms with Gasteiger partial charge in [0.1, 0.15) is 5.75 Å². The molecule has 0 radical (unpaired) electrons. The van der Waals surface area contributed by atoms with Gasteiger partial charge in [0.05, 0.1) is 0 Å². The number of phenolic OH excluding ortho intramolecular Hbond substituents is 1. The Kier molecular flexibility index (Phi) is 2.91. The lowest BCUT2D eigenvalue weighted by molar-refractivity contribution is 0.466.